The largest absolute Gasteiger partial charge is 0.350 e. The predicted molar refractivity (Wildman–Crippen MR) is 100 cm³/mol. The second kappa shape index (κ2) is 8.16. The molecule has 134 valence electrons. The molecule has 0 heterocycles. The highest BCUT2D eigenvalue weighted by atomic mass is 32.2. The second-order valence-electron chi connectivity index (χ2n) is 5.93. The molecule has 2 rings (SSSR count). The fraction of sp³-hybridized carbons (Fsp3) is 0.316. The molecule has 0 bridgehead atoms. The molecule has 0 saturated carbocycles. The van der Waals surface area contributed by atoms with Crippen molar-refractivity contribution in [1.29, 1.82) is 0 Å². The molecule has 6 heteroatoms. The Morgan fingerprint density at radius 3 is 2.28 bits per heavy atom. The van der Waals surface area contributed by atoms with Gasteiger partial charge in [0.15, 0.2) is 0 Å². The van der Waals surface area contributed by atoms with Gasteiger partial charge in [-0.3, -0.25) is 9.52 Å². The van der Waals surface area contributed by atoms with Gasteiger partial charge < -0.3 is 5.32 Å². The van der Waals surface area contributed by atoms with Gasteiger partial charge in [-0.2, -0.15) is 0 Å². The van der Waals surface area contributed by atoms with Crippen molar-refractivity contribution < 1.29 is 13.2 Å². The molecular formula is C19H24N2O3S. The summed E-state index contributed by atoms with van der Waals surface area (Å²) in [6.45, 7) is 5.88. The Kier molecular flexibility index (Phi) is 6.20. The van der Waals surface area contributed by atoms with Crippen LogP contribution in [0.25, 0.3) is 0 Å². The molecule has 0 aliphatic heterocycles. The molecule has 0 aromatic heterocycles. The molecule has 1 amide bonds. The maximum absolute atomic E-state index is 12.6. The van der Waals surface area contributed by atoms with Crippen LogP contribution in [0, 0.1) is 0 Å². The quantitative estimate of drug-likeness (QED) is 0.792. The van der Waals surface area contributed by atoms with E-state index >= 15 is 0 Å². The molecule has 25 heavy (non-hydrogen) atoms. The van der Waals surface area contributed by atoms with E-state index in [9.17, 15) is 13.2 Å². The number of carbonyl (C=O) groups excluding carboxylic acids is 1. The number of sulfonamides is 1. The predicted octanol–water partition coefficient (Wildman–Crippen LogP) is 3.58. The highest BCUT2D eigenvalue weighted by Gasteiger charge is 2.19. The summed E-state index contributed by atoms with van der Waals surface area (Å²) in [4.78, 5) is 12.6. The highest BCUT2D eigenvalue weighted by molar-refractivity contribution is 7.92. The van der Waals surface area contributed by atoms with Gasteiger partial charge in [0.2, 0.25) is 0 Å². The number of para-hydroxylation sites is 1. The Bertz CT molecular complexity index is 830. The van der Waals surface area contributed by atoms with Crippen LogP contribution in [-0.4, -0.2) is 20.4 Å². The van der Waals surface area contributed by atoms with Crippen molar-refractivity contribution in [3.05, 3.63) is 59.7 Å². The molecule has 0 saturated heterocycles. The minimum Gasteiger partial charge on any atom is -0.350 e. The van der Waals surface area contributed by atoms with E-state index in [2.05, 4.69) is 10.0 Å². The lowest BCUT2D eigenvalue weighted by Crippen LogP contribution is -2.32. The lowest BCUT2D eigenvalue weighted by Gasteiger charge is -2.15. The van der Waals surface area contributed by atoms with Gasteiger partial charge in [-0.15, -0.1) is 0 Å². The van der Waals surface area contributed by atoms with Crippen LogP contribution in [0.4, 0.5) is 5.69 Å². The van der Waals surface area contributed by atoms with Crippen molar-refractivity contribution in [3.8, 4) is 0 Å². The van der Waals surface area contributed by atoms with Gasteiger partial charge in [-0.1, -0.05) is 38.1 Å². The summed E-state index contributed by atoms with van der Waals surface area (Å²) in [7, 11) is -3.76. The molecule has 0 aliphatic rings. The van der Waals surface area contributed by atoms with Crippen molar-refractivity contribution in [1.82, 2.24) is 5.32 Å². The number of benzene rings is 2. The molecule has 2 aromatic rings. The van der Waals surface area contributed by atoms with Crippen LogP contribution < -0.4 is 10.0 Å². The van der Waals surface area contributed by atoms with Crippen LogP contribution in [0.3, 0.4) is 0 Å². The first-order valence-electron chi connectivity index (χ1n) is 8.39. The van der Waals surface area contributed by atoms with Crippen LogP contribution in [0.1, 0.15) is 43.1 Å². The number of anilines is 1. The third-order valence-electron chi connectivity index (χ3n) is 4.05. The number of nitrogens with one attached hydrogen (secondary N) is 2. The number of amides is 1. The van der Waals surface area contributed by atoms with E-state index < -0.39 is 10.0 Å². The Hall–Kier alpha value is -2.34. The second-order valence-corrected chi connectivity index (χ2v) is 7.61. The Labute approximate surface area is 149 Å². The molecule has 0 radical (unpaired) electrons. The Balaban J connectivity index is 2.28. The van der Waals surface area contributed by atoms with E-state index in [1.165, 1.54) is 0 Å². The molecule has 1 atom stereocenters. The molecule has 0 fully saturated rings. The summed E-state index contributed by atoms with van der Waals surface area (Å²) >= 11 is 0. The number of aryl methyl sites for hydroxylation is 1. The van der Waals surface area contributed by atoms with Crippen LogP contribution >= 0.6 is 0 Å². The fourth-order valence-electron chi connectivity index (χ4n) is 2.28. The van der Waals surface area contributed by atoms with Crippen LogP contribution in [0.2, 0.25) is 0 Å². The molecule has 0 aliphatic carbocycles. The Morgan fingerprint density at radius 2 is 1.68 bits per heavy atom. The van der Waals surface area contributed by atoms with Crippen molar-refractivity contribution in [2.75, 3.05) is 4.72 Å². The van der Waals surface area contributed by atoms with Gasteiger partial charge in [0.25, 0.3) is 15.9 Å². The maximum atomic E-state index is 12.6. The highest BCUT2D eigenvalue weighted by Crippen LogP contribution is 2.21. The maximum Gasteiger partial charge on any atom is 0.261 e. The number of rotatable bonds is 7. The van der Waals surface area contributed by atoms with E-state index in [0.717, 1.165) is 18.4 Å². The van der Waals surface area contributed by atoms with Crippen molar-refractivity contribution >= 4 is 21.6 Å². The Morgan fingerprint density at radius 1 is 1.04 bits per heavy atom. The van der Waals surface area contributed by atoms with Gasteiger partial charge in [-0.25, -0.2) is 8.42 Å². The monoisotopic (exact) mass is 360 g/mol. The topological polar surface area (TPSA) is 75.3 Å². The average Bonchev–Trinajstić information content (AvgIpc) is 2.61. The normalized spacial score (nSPS) is 12.4. The third-order valence-corrected chi connectivity index (χ3v) is 5.43. The zero-order valence-electron chi connectivity index (χ0n) is 14.7. The minimum absolute atomic E-state index is 0.0127. The zero-order chi connectivity index (χ0) is 18.4. The third kappa shape index (κ3) is 4.82. The van der Waals surface area contributed by atoms with Crippen molar-refractivity contribution in [2.24, 2.45) is 0 Å². The van der Waals surface area contributed by atoms with Crippen molar-refractivity contribution in [3.63, 3.8) is 0 Å². The van der Waals surface area contributed by atoms with Crippen LogP contribution in [0.15, 0.2) is 53.4 Å². The van der Waals surface area contributed by atoms with E-state index in [1.807, 2.05) is 20.8 Å². The van der Waals surface area contributed by atoms with E-state index in [1.54, 1.807) is 48.5 Å². The van der Waals surface area contributed by atoms with Gasteiger partial charge in [0.05, 0.1) is 16.1 Å². The van der Waals surface area contributed by atoms with Gasteiger partial charge >= 0.3 is 0 Å². The summed E-state index contributed by atoms with van der Waals surface area (Å²) < 4.78 is 27.7. The lowest BCUT2D eigenvalue weighted by atomic mass is 10.1. The average molecular weight is 360 g/mol. The molecule has 5 nitrogen and oxygen atoms in total. The van der Waals surface area contributed by atoms with Crippen LogP contribution in [0.5, 0.6) is 0 Å². The number of carbonyl (C=O) groups is 1. The lowest BCUT2D eigenvalue weighted by molar-refractivity contribution is 0.0940. The summed E-state index contributed by atoms with van der Waals surface area (Å²) in [5.41, 5.74) is 1.63. The van der Waals surface area contributed by atoms with E-state index in [0.29, 0.717) is 5.56 Å². The van der Waals surface area contributed by atoms with E-state index in [-0.39, 0.29) is 22.5 Å². The SMILES string of the molecule is CCc1ccc(S(=O)(=O)Nc2ccccc2C(=O)N[C@H](C)CC)cc1. The molecule has 2 N–H and O–H groups in total. The van der Waals surface area contributed by atoms with Gasteiger partial charge in [0.1, 0.15) is 0 Å². The molecule has 0 spiro atoms. The molecule has 2 aromatic carbocycles. The van der Waals surface area contributed by atoms with Gasteiger partial charge in [-0.05, 0) is 49.6 Å². The van der Waals surface area contributed by atoms with Gasteiger partial charge in [0, 0.05) is 6.04 Å². The minimum atomic E-state index is -3.76. The van der Waals surface area contributed by atoms with Crippen LogP contribution in [-0.2, 0) is 16.4 Å². The first kappa shape index (κ1) is 19.0. The smallest absolute Gasteiger partial charge is 0.261 e. The first-order valence-corrected chi connectivity index (χ1v) is 9.87. The summed E-state index contributed by atoms with van der Waals surface area (Å²) in [5, 5.41) is 2.85. The molecule has 0 unspecified atom stereocenters. The first-order chi connectivity index (χ1) is 11.9. The standard InChI is InChI=1S/C19H24N2O3S/c1-4-14(3)20-19(22)17-8-6-7-9-18(17)21-25(23,24)16-12-10-15(5-2)11-13-16/h6-14,21H,4-5H2,1-3H3,(H,20,22)/t14-/m1/s1. The summed E-state index contributed by atoms with van der Waals surface area (Å²) in [6.07, 6.45) is 1.63. The molecular weight excluding hydrogens is 336 g/mol. The summed E-state index contributed by atoms with van der Waals surface area (Å²) in [6, 6.07) is 13.3. The fourth-order valence-corrected chi connectivity index (χ4v) is 3.36. The summed E-state index contributed by atoms with van der Waals surface area (Å²) in [5.74, 6) is -0.297. The zero-order valence-corrected chi connectivity index (χ0v) is 15.6. The van der Waals surface area contributed by atoms with Crippen molar-refractivity contribution in [2.45, 2.75) is 44.6 Å². The number of hydrogen-bond acceptors (Lipinski definition) is 3. The van der Waals surface area contributed by atoms with E-state index in [4.69, 9.17) is 0 Å². The number of hydrogen-bond donors (Lipinski definition) is 2.